The van der Waals surface area contributed by atoms with Crippen LogP contribution in [0.5, 0.6) is 11.5 Å². The third-order valence-electron chi connectivity index (χ3n) is 4.53. The van der Waals surface area contributed by atoms with Gasteiger partial charge in [-0.05, 0) is 63.2 Å². The second-order valence-electron chi connectivity index (χ2n) is 8.26. The molecule has 2 heterocycles. The topological polar surface area (TPSA) is 78.3 Å². The van der Waals surface area contributed by atoms with Crippen LogP contribution in [-0.4, -0.2) is 26.1 Å². The number of esters is 1. The van der Waals surface area contributed by atoms with Crippen LogP contribution in [0.2, 0.25) is 0 Å². The normalized spacial score (nSPS) is 11.4. The highest BCUT2D eigenvalue weighted by molar-refractivity contribution is 9.10. The molecule has 2 aromatic carbocycles. The lowest BCUT2D eigenvalue weighted by atomic mass is 10.2. The molecule has 8 heteroatoms. The van der Waals surface area contributed by atoms with E-state index in [-0.39, 0.29) is 5.69 Å². The number of nitrogens with one attached hydrogen (secondary N) is 1. The molecule has 4 rings (SSSR count). The van der Waals surface area contributed by atoms with Gasteiger partial charge >= 0.3 is 5.97 Å². The maximum Gasteiger partial charge on any atom is 0.357 e. The highest BCUT2D eigenvalue weighted by atomic mass is 79.9. The Morgan fingerprint density at radius 3 is 2.47 bits per heavy atom. The molecule has 1 N–H and O–H groups in total. The van der Waals surface area contributed by atoms with Crippen molar-refractivity contribution in [3.05, 3.63) is 71.0 Å². The molecular formula is C24H23BrN4O3. The van der Waals surface area contributed by atoms with Crippen molar-refractivity contribution < 1.29 is 14.3 Å². The molecule has 0 aliphatic heterocycles. The molecule has 0 saturated carbocycles. The van der Waals surface area contributed by atoms with E-state index in [1.807, 2.05) is 74.9 Å². The van der Waals surface area contributed by atoms with E-state index >= 15 is 0 Å². The van der Waals surface area contributed by atoms with Crippen LogP contribution in [0, 0.1) is 0 Å². The van der Waals surface area contributed by atoms with Gasteiger partial charge in [-0.25, -0.2) is 14.8 Å². The van der Waals surface area contributed by atoms with Gasteiger partial charge in [0.1, 0.15) is 17.1 Å². The number of carbonyl (C=O) groups excluding carboxylic acids is 1. The fraction of sp³-hybridized carbons (Fsp3) is 0.208. The third-order valence-corrected chi connectivity index (χ3v) is 5.06. The van der Waals surface area contributed by atoms with Crippen LogP contribution < -0.4 is 10.1 Å². The Morgan fingerprint density at radius 2 is 1.75 bits per heavy atom. The monoisotopic (exact) mass is 494 g/mol. The quantitative estimate of drug-likeness (QED) is 0.331. The molecule has 7 nitrogen and oxygen atoms in total. The number of benzene rings is 2. The fourth-order valence-electron chi connectivity index (χ4n) is 3.07. The molecule has 4 aromatic rings. The Hall–Kier alpha value is -3.39. The number of hydrogen-bond donors (Lipinski definition) is 1. The standard InChI is InChI=1S/C24H23BrN4O3/c1-24(2,3)32-22(30)20-14-18(11-12-26-20)31-17-9-10-21-19(13-17)28-23(29(21)4)27-16-7-5-15(25)6-8-16/h5-14H,1-4H3,(H,27,28). The zero-order valence-electron chi connectivity index (χ0n) is 18.2. The van der Waals surface area contributed by atoms with Gasteiger partial charge in [-0.1, -0.05) is 15.9 Å². The predicted octanol–water partition coefficient (Wildman–Crippen LogP) is 6.22. The van der Waals surface area contributed by atoms with Crippen LogP contribution in [0.1, 0.15) is 31.3 Å². The average molecular weight is 495 g/mol. The second kappa shape index (κ2) is 8.63. The van der Waals surface area contributed by atoms with Crippen LogP contribution in [0.25, 0.3) is 11.0 Å². The number of hydrogen-bond acceptors (Lipinski definition) is 6. The lowest BCUT2D eigenvalue weighted by Crippen LogP contribution is -2.24. The van der Waals surface area contributed by atoms with E-state index in [0.717, 1.165) is 27.1 Å². The summed E-state index contributed by atoms with van der Waals surface area (Å²) in [6.45, 7) is 5.44. The number of halogens is 1. The molecule has 0 radical (unpaired) electrons. The Labute approximate surface area is 194 Å². The van der Waals surface area contributed by atoms with Crippen LogP contribution >= 0.6 is 15.9 Å². The van der Waals surface area contributed by atoms with Crippen molar-refractivity contribution in [1.29, 1.82) is 0 Å². The summed E-state index contributed by atoms with van der Waals surface area (Å²) in [5, 5.41) is 3.33. The van der Waals surface area contributed by atoms with Gasteiger partial charge in [0.15, 0.2) is 5.69 Å². The summed E-state index contributed by atoms with van der Waals surface area (Å²) >= 11 is 3.44. The van der Waals surface area contributed by atoms with Gasteiger partial charge in [0.05, 0.1) is 11.0 Å². The average Bonchev–Trinajstić information content (AvgIpc) is 3.03. The number of imidazole rings is 1. The van der Waals surface area contributed by atoms with E-state index < -0.39 is 11.6 Å². The predicted molar refractivity (Wildman–Crippen MR) is 128 cm³/mol. The maximum atomic E-state index is 12.3. The SMILES string of the molecule is Cn1c(Nc2ccc(Br)cc2)nc2cc(Oc3ccnc(C(=O)OC(C)(C)C)c3)ccc21. The number of carbonyl (C=O) groups is 1. The van der Waals surface area contributed by atoms with Gasteiger partial charge in [0.25, 0.3) is 0 Å². The van der Waals surface area contributed by atoms with E-state index in [1.165, 1.54) is 6.20 Å². The van der Waals surface area contributed by atoms with E-state index in [4.69, 9.17) is 14.5 Å². The van der Waals surface area contributed by atoms with Crippen molar-refractivity contribution in [3.8, 4) is 11.5 Å². The second-order valence-corrected chi connectivity index (χ2v) is 9.17. The number of rotatable bonds is 5. The smallest absolute Gasteiger partial charge is 0.357 e. The summed E-state index contributed by atoms with van der Waals surface area (Å²) in [7, 11) is 1.95. The van der Waals surface area contributed by atoms with Crippen molar-refractivity contribution in [1.82, 2.24) is 14.5 Å². The van der Waals surface area contributed by atoms with Gasteiger partial charge in [-0.2, -0.15) is 0 Å². The summed E-state index contributed by atoms with van der Waals surface area (Å²) < 4.78 is 14.3. The summed E-state index contributed by atoms with van der Waals surface area (Å²) in [4.78, 5) is 21.1. The lowest BCUT2D eigenvalue weighted by Gasteiger charge is -2.19. The molecule has 0 spiro atoms. The Morgan fingerprint density at radius 1 is 1.03 bits per heavy atom. The lowest BCUT2D eigenvalue weighted by molar-refractivity contribution is 0.00624. The molecule has 0 fully saturated rings. The van der Waals surface area contributed by atoms with Crippen LogP contribution in [-0.2, 0) is 11.8 Å². The van der Waals surface area contributed by atoms with Crippen LogP contribution in [0.4, 0.5) is 11.6 Å². The maximum absolute atomic E-state index is 12.3. The molecule has 0 bridgehead atoms. The Bertz CT molecular complexity index is 1280. The largest absolute Gasteiger partial charge is 0.457 e. The van der Waals surface area contributed by atoms with Gasteiger partial charge in [-0.15, -0.1) is 0 Å². The molecule has 2 aromatic heterocycles. The van der Waals surface area contributed by atoms with Crippen LogP contribution in [0.15, 0.2) is 65.3 Å². The molecule has 0 saturated heterocycles. The minimum Gasteiger partial charge on any atom is -0.457 e. The number of fused-ring (bicyclic) bond motifs is 1. The van der Waals surface area contributed by atoms with E-state index in [0.29, 0.717) is 11.5 Å². The summed E-state index contributed by atoms with van der Waals surface area (Å²) in [5.74, 6) is 1.32. The Kier molecular flexibility index (Phi) is 5.88. The number of anilines is 2. The van der Waals surface area contributed by atoms with Crippen molar-refractivity contribution in [2.24, 2.45) is 7.05 Å². The first-order chi connectivity index (χ1) is 15.2. The van der Waals surface area contributed by atoms with E-state index in [2.05, 4.69) is 26.2 Å². The highest BCUT2D eigenvalue weighted by Gasteiger charge is 2.19. The first-order valence-corrected chi connectivity index (χ1v) is 10.8. The van der Waals surface area contributed by atoms with Gasteiger partial charge < -0.3 is 19.4 Å². The van der Waals surface area contributed by atoms with Crippen LogP contribution in [0.3, 0.4) is 0 Å². The molecule has 0 aliphatic rings. The van der Waals surface area contributed by atoms with Gasteiger partial charge in [-0.3, -0.25) is 0 Å². The van der Waals surface area contributed by atoms with Crippen molar-refractivity contribution in [2.45, 2.75) is 26.4 Å². The number of aromatic nitrogens is 3. The number of aryl methyl sites for hydroxylation is 1. The summed E-state index contributed by atoms with van der Waals surface area (Å²) in [6, 6.07) is 16.8. The van der Waals surface area contributed by atoms with Gasteiger partial charge in [0.2, 0.25) is 5.95 Å². The van der Waals surface area contributed by atoms with E-state index in [1.54, 1.807) is 12.1 Å². The first kappa shape index (κ1) is 21.8. The molecular weight excluding hydrogens is 472 g/mol. The molecule has 164 valence electrons. The van der Waals surface area contributed by atoms with E-state index in [9.17, 15) is 4.79 Å². The molecule has 0 aliphatic carbocycles. The zero-order valence-corrected chi connectivity index (χ0v) is 19.8. The minimum absolute atomic E-state index is 0.192. The summed E-state index contributed by atoms with van der Waals surface area (Å²) in [6.07, 6.45) is 1.52. The number of pyridine rings is 1. The number of nitrogens with zero attached hydrogens (tertiary/aromatic N) is 3. The minimum atomic E-state index is -0.596. The Balaban J connectivity index is 1.55. The number of ether oxygens (including phenoxy) is 2. The summed E-state index contributed by atoms with van der Waals surface area (Å²) in [5.41, 5.74) is 2.28. The first-order valence-electron chi connectivity index (χ1n) is 10.0. The molecule has 0 amide bonds. The highest BCUT2D eigenvalue weighted by Crippen LogP contribution is 2.28. The molecule has 32 heavy (non-hydrogen) atoms. The van der Waals surface area contributed by atoms with Gasteiger partial charge in [0, 0.05) is 35.5 Å². The molecule has 0 atom stereocenters. The zero-order chi connectivity index (χ0) is 22.9. The molecule has 0 unspecified atom stereocenters. The fourth-order valence-corrected chi connectivity index (χ4v) is 3.33. The van der Waals surface area contributed by atoms with Crippen molar-refractivity contribution in [3.63, 3.8) is 0 Å². The van der Waals surface area contributed by atoms with Crippen molar-refractivity contribution >= 4 is 44.6 Å². The van der Waals surface area contributed by atoms with Crippen molar-refractivity contribution in [2.75, 3.05) is 5.32 Å². The third kappa shape index (κ3) is 5.08.